The third-order valence-corrected chi connectivity index (χ3v) is 5.11. The third-order valence-electron chi connectivity index (χ3n) is 5.11. The molecule has 1 N–H and O–H groups in total. The Morgan fingerprint density at radius 3 is 2.25 bits per heavy atom. The van der Waals surface area contributed by atoms with E-state index in [1.165, 1.54) is 14.2 Å². The molecule has 0 radical (unpaired) electrons. The summed E-state index contributed by atoms with van der Waals surface area (Å²) in [7, 11) is 4.37. The van der Waals surface area contributed by atoms with Gasteiger partial charge in [0.1, 0.15) is 5.75 Å². The highest BCUT2D eigenvalue weighted by Crippen LogP contribution is 2.31. The average molecular weight is 444 g/mol. The number of amides is 1. The van der Waals surface area contributed by atoms with Crippen molar-refractivity contribution < 1.29 is 28.5 Å². The Balaban J connectivity index is 2.20. The Morgan fingerprint density at radius 1 is 0.969 bits per heavy atom. The first-order chi connectivity index (χ1) is 15.1. The van der Waals surface area contributed by atoms with E-state index in [0.717, 1.165) is 5.56 Å². The van der Waals surface area contributed by atoms with E-state index >= 15 is 0 Å². The summed E-state index contributed by atoms with van der Waals surface area (Å²) in [5, 5.41) is 2.89. The summed E-state index contributed by atoms with van der Waals surface area (Å²) in [6, 6.07) is 12.3. The number of nitrogens with one attached hydrogen (secondary N) is 1. The third kappa shape index (κ3) is 6.64. The van der Waals surface area contributed by atoms with Gasteiger partial charge in [-0.1, -0.05) is 39.0 Å². The zero-order chi connectivity index (χ0) is 23.9. The monoisotopic (exact) mass is 443 g/mol. The van der Waals surface area contributed by atoms with Crippen molar-refractivity contribution in [1.82, 2.24) is 5.32 Å². The molecule has 2 aromatic carbocycles. The molecule has 0 fully saturated rings. The molecule has 0 bridgehead atoms. The van der Waals surface area contributed by atoms with Crippen molar-refractivity contribution in [2.45, 2.75) is 51.7 Å². The first-order valence-electron chi connectivity index (χ1n) is 10.4. The second kappa shape index (κ2) is 10.9. The van der Waals surface area contributed by atoms with Gasteiger partial charge in [-0.3, -0.25) is 9.59 Å². The first-order valence-corrected chi connectivity index (χ1v) is 10.4. The molecule has 7 heteroatoms. The number of hydrogen-bond acceptors (Lipinski definition) is 6. The Hall–Kier alpha value is -3.22. The fourth-order valence-corrected chi connectivity index (χ4v) is 3.15. The van der Waals surface area contributed by atoms with Gasteiger partial charge in [0.05, 0.1) is 33.8 Å². The molecule has 0 heterocycles. The molecule has 0 aromatic heterocycles. The van der Waals surface area contributed by atoms with Gasteiger partial charge in [0.15, 0.2) is 17.6 Å². The van der Waals surface area contributed by atoms with Gasteiger partial charge in [-0.05, 0) is 47.7 Å². The second-order valence-corrected chi connectivity index (χ2v) is 8.49. The maximum atomic E-state index is 12.9. The van der Waals surface area contributed by atoms with E-state index < -0.39 is 18.1 Å². The normalized spacial score (nSPS) is 13.0. The lowest BCUT2D eigenvalue weighted by atomic mass is 9.87. The molecule has 0 spiro atoms. The summed E-state index contributed by atoms with van der Waals surface area (Å²) >= 11 is 0. The van der Waals surface area contributed by atoms with Gasteiger partial charge in [-0.25, -0.2) is 0 Å². The van der Waals surface area contributed by atoms with Gasteiger partial charge in [0, 0.05) is 0 Å². The van der Waals surface area contributed by atoms with Gasteiger partial charge in [0.25, 0.3) is 5.91 Å². The summed E-state index contributed by atoms with van der Waals surface area (Å²) in [6.07, 6.45) is -0.810. The first kappa shape index (κ1) is 25.0. The fourth-order valence-electron chi connectivity index (χ4n) is 3.15. The predicted octanol–water partition coefficient (Wildman–Crippen LogP) is 4.19. The molecule has 2 unspecified atom stereocenters. The number of carbonyl (C=O) groups excluding carboxylic acids is 2. The SMILES string of the molecule is COC(=O)CC(NC(=O)C(C)Oc1cccc(C(C)(C)C)c1)c1ccc(OC)c(OC)c1. The van der Waals surface area contributed by atoms with E-state index in [9.17, 15) is 9.59 Å². The number of carbonyl (C=O) groups is 2. The zero-order valence-corrected chi connectivity index (χ0v) is 19.9. The van der Waals surface area contributed by atoms with E-state index in [2.05, 4.69) is 26.1 Å². The Kier molecular flexibility index (Phi) is 8.52. The van der Waals surface area contributed by atoms with Crippen LogP contribution >= 0.6 is 0 Å². The van der Waals surface area contributed by atoms with Crippen molar-refractivity contribution in [3.05, 3.63) is 53.6 Å². The van der Waals surface area contributed by atoms with E-state index in [-0.39, 0.29) is 17.7 Å². The topological polar surface area (TPSA) is 83.1 Å². The molecule has 7 nitrogen and oxygen atoms in total. The number of ether oxygens (including phenoxy) is 4. The van der Waals surface area contributed by atoms with Gasteiger partial charge in [0.2, 0.25) is 0 Å². The summed E-state index contributed by atoms with van der Waals surface area (Å²) in [6.45, 7) is 8.01. The number of rotatable bonds is 9. The highest BCUT2D eigenvalue weighted by atomic mass is 16.5. The van der Waals surface area contributed by atoms with Crippen molar-refractivity contribution in [2.24, 2.45) is 0 Å². The molecule has 0 saturated heterocycles. The molecule has 1 amide bonds. The minimum absolute atomic E-state index is 0.0377. The van der Waals surface area contributed by atoms with Crippen LogP contribution in [-0.4, -0.2) is 39.3 Å². The van der Waals surface area contributed by atoms with Crippen LogP contribution < -0.4 is 19.5 Å². The van der Waals surface area contributed by atoms with E-state index in [1.54, 1.807) is 32.2 Å². The van der Waals surface area contributed by atoms with Crippen LogP contribution in [0.5, 0.6) is 17.2 Å². The summed E-state index contributed by atoms with van der Waals surface area (Å²) in [5.74, 6) is 0.856. The second-order valence-electron chi connectivity index (χ2n) is 8.49. The average Bonchev–Trinajstić information content (AvgIpc) is 2.77. The molecule has 2 rings (SSSR count). The summed E-state index contributed by atoms with van der Waals surface area (Å²) in [5.41, 5.74) is 1.75. The molecule has 2 atom stereocenters. The Morgan fingerprint density at radius 2 is 1.66 bits per heavy atom. The largest absolute Gasteiger partial charge is 0.493 e. The van der Waals surface area contributed by atoms with Crippen molar-refractivity contribution in [3.63, 3.8) is 0 Å². The highest BCUT2D eigenvalue weighted by molar-refractivity contribution is 5.82. The maximum Gasteiger partial charge on any atom is 0.307 e. The standard InChI is InChI=1S/C25H33NO6/c1-16(32-19-10-8-9-18(14-19)25(2,3)4)24(28)26-20(15-23(27)31-7)17-11-12-21(29-5)22(13-17)30-6/h8-14,16,20H,15H2,1-7H3,(H,26,28). The Labute approximate surface area is 190 Å². The quantitative estimate of drug-likeness (QED) is 0.585. The van der Waals surface area contributed by atoms with Crippen molar-refractivity contribution in [1.29, 1.82) is 0 Å². The minimum atomic E-state index is -0.773. The van der Waals surface area contributed by atoms with Gasteiger partial charge < -0.3 is 24.3 Å². The van der Waals surface area contributed by atoms with Gasteiger partial charge in [-0.15, -0.1) is 0 Å². The van der Waals surface area contributed by atoms with Crippen molar-refractivity contribution in [3.8, 4) is 17.2 Å². The molecule has 2 aromatic rings. The highest BCUT2D eigenvalue weighted by Gasteiger charge is 2.24. The number of hydrogen-bond donors (Lipinski definition) is 1. The summed E-state index contributed by atoms with van der Waals surface area (Å²) in [4.78, 5) is 24.9. The smallest absolute Gasteiger partial charge is 0.307 e. The summed E-state index contributed by atoms with van der Waals surface area (Å²) < 4.78 is 21.3. The lowest BCUT2D eigenvalue weighted by Gasteiger charge is -2.23. The molecule has 0 aliphatic rings. The van der Waals surface area contributed by atoms with Crippen LogP contribution in [0.15, 0.2) is 42.5 Å². The molecule has 0 aliphatic heterocycles. The number of benzene rings is 2. The molecule has 174 valence electrons. The lowest BCUT2D eigenvalue weighted by Crippen LogP contribution is -2.39. The zero-order valence-electron chi connectivity index (χ0n) is 19.9. The molecule has 0 aliphatic carbocycles. The lowest BCUT2D eigenvalue weighted by molar-refractivity contribution is -0.141. The van der Waals surface area contributed by atoms with Crippen LogP contribution in [0.2, 0.25) is 0 Å². The van der Waals surface area contributed by atoms with Crippen LogP contribution in [0, 0.1) is 0 Å². The van der Waals surface area contributed by atoms with Crippen molar-refractivity contribution >= 4 is 11.9 Å². The minimum Gasteiger partial charge on any atom is -0.493 e. The van der Waals surface area contributed by atoms with Crippen LogP contribution in [0.25, 0.3) is 0 Å². The number of methoxy groups -OCH3 is 3. The van der Waals surface area contributed by atoms with E-state index in [0.29, 0.717) is 22.8 Å². The van der Waals surface area contributed by atoms with Crippen LogP contribution in [0.4, 0.5) is 0 Å². The number of esters is 1. The predicted molar refractivity (Wildman–Crippen MR) is 122 cm³/mol. The van der Waals surface area contributed by atoms with Crippen LogP contribution in [0.3, 0.4) is 0 Å². The molecule has 32 heavy (non-hydrogen) atoms. The fraction of sp³-hybridized carbons (Fsp3) is 0.440. The van der Waals surface area contributed by atoms with Gasteiger partial charge in [-0.2, -0.15) is 0 Å². The van der Waals surface area contributed by atoms with E-state index in [4.69, 9.17) is 18.9 Å². The van der Waals surface area contributed by atoms with Crippen LogP contribution in [0.1, 0.15) is 51.3 Å². The van der Waals surface area contributed by atoms with E-state index in [1.807, 2.05) is 24.3 Å². The van der Waals surface area contributed by atoms with Crippen LogP contribution in [-0.2, 0) is 19.7 Å². The van der Waals surface area contributed by atoms with Crippen molar-refractivity contribution in [2.75, 3.05) is 21.3 Å². The van der Waals surface area contributed by atoms with Gasteiger partial charge >= 0.3 is 5.97 Å². The molecule has 0 saturated carbocycles. The molecular weight excluding hydrogens is 410 g/mol. The molecular formula is C25H33NO6. The Bertz CT molecular complexity index is 934. The maximum absolute atomic E-state index is 12.9.